The molecule has 0 amide bonds. The third kappa shape index (κ3) is 4.74. The number of fused-ring (bicyclic) bond motifs is 3. The quantitative estimate of drug-likeness (QED) is 0.268. The van der Waals surface area contributed by atoms with E-state index in [4.69, 9.17) is 9.47 Å². The molecule has 2 atom stereocenters. The standard InChI is InChI=1S/C35H34F2N4O8/c1-48-25-11-23-26(32(43)21(35(46)47)13-40(23)17-5-6-17)27(37)30(25)39-9-3-4-16-12-38(15-24(16)39)29-22(36)10-19-28(33(29)49-2)41(18-7-8-18)14-20(31(19)42)34(44)45/h10-11,13-14,16-18,24H,3-9,12,15H2,1-2H3,(H,44,45)(H,46,47)/t16-,24+/m0/s1. The maximum Gasteiger partial charge on any atom is 0.341 e. The number of benzene rings is 2. The van der Waals surface area contributed by atoms with Gasteiger partial charge in [0.15, 0.2) is 17.4 Å². The molecular weight excluding hydrogens is 642 g/mol. The molecule has 2 N–H and O–H groups in total. The van der Waals surface area contributed by atoms with Gasteiger partial charge >= 0.3 is 11.9 Å². The van der Waals surface area contributed by atoms with Crippen molar-refractivity contribution in [2.75, 3.05) is 43.7 Å². The van der Waals surface area contributed by atoms with Crippen LogP contribution < -0.4 is 30.1 Å². The molecule has 14 heteroatoms. The van der Waals surface area contributed by atoms with Gasteiger partial charge in [-0.05, 0) is 50.5 Å². The van der Waals surface area contributed by atoms with Crippen molar-refractivity contribution in [2.24, 2.45) is 5.92 Å². The van der Waals surface area contributed by atoms with E-state index in [1.165, 1.54) is 26.6 Å². The van der Waals surface area contributed by atoms with Crippen LogP contribution in [0.5, 0.6) is 11.5 Å². The Morgan fingerprint density at radius 2 is 1.49 bits per heavy atom. The van der Waals surface area contributed by atoms with Gasteiger partial charge in [-0.2, -0.15) is 0 Å². The second kappa shape index (κ2) is 11.2. The van der Waals surface area contributed by atoms with Crippen LogP contribution in [0.25, 0.3) is 21.8 Å². The molecule has 4 heterocycles. The van der Waals surface area contributed by atoms with Crippen LogP contribution in [0.3, 0.4) is 0 Å². The summed E-state index contributed by atoms with van der Waals surface area (Å²) in [6, 6.07) is 2.24. The molecule has 8 rings (SSSR count). The smallest absolute Gasteiger partial charge is 0.341 e. The number of nitrogens with zero attached hydrogens (tertiary/aromatic N) is 4. The van der Waals surface area contributed by atoms with Gasteiger partial charge in [0, 0.05) is 50.2 Å². The van der Waals surface area contributed by atoms with E-state index in [0.717, 1.165) is 38.2 Å². The minimum absolute atomic E-state index is 0.0438. The van der Waals surface area contributed by atoms with Gasteiger partial charge in [0.2, 0.25) is 10.9 Å². The Kier molecular flexibility index (Phi) is 7.12. The van der Waals surface area contributed by atoms with Crippen LogP contribution in [0, 0.1) is 17.6 Å². The summed E-state index contributed by atoms with van der Waals surface area (Å²) in [6.45, 7) is 1.04. The fourth-order valence-electron chi connectivity index (χ4n) is 8.02. The van der Waals surface area contributed by atoms with Gasteiger partial charge < -0.3 is 38.6 Å². The maximum atomic E-state index is 16.9. The molecule has 12 nitrogen and oxygen atoms in total. The van der Waals surface area contributed by atoms with E-state index in [9.17, 15) is 29.4 Å². The summed E-state index contributed by atoms with van der Waals surface area (Å²) < 4.78 is 47.9. The Morgan fingerprint density at radius 1 is 0.837 bits per heavy atom. The average Bonchev–Trinajstić information content (AvgIpc) is 4.01. The van der Waals surface area contributed by atoms with Gasteiger partial charge in [0.1, 0.15) is 28.3 Å². The van der Waals surface area contributed by atoms with Crippen LogP contribution in [0.15, 0.2) is 34.1 Å². The zero-order chi connectivity index (χ0) is 34.5. The van der Waals surface area contributed by atoms with E-state index in [-0.39, 0.29) is 69.8 Å². The number of carboxylic acid groups (broad SMARTS) is 2. The highest BCUT2D eigenvalue weighted by Crippen LogP contribution is 2.48. The number of carbonyl (C=O) groups is 2. The number of aromatic carboxylic acids is 2. The number of hydrogen-bond acceptors (Lipinski definition) is 8. The highest BCUT2D eigenvalue weighted by molar-refractivity contribution is 5.98. The van der Waals surface area contributed by atoms with Crippen LogP contribution >= 0.6 is 0 Å². The summed E-state index contributed by atoms with van der Waals surface area (Å²) in [7, 11) is 2.80. The minimum Gasteiger partial charge on any atom is -0.494 e. The summed E-state index contributed by atoms with van der Waals surface area (Å²) in [5, 5.41) is 19.1. The maximum absolute atomic E-state index is 16.9. The number of rotatable bonds is 8. The number of halogens is 2. The van der Waals surface area contributed by atoms with Crippen LogP contribution in [0.2, 0.25) is 0 Å². The number of piperidine rings is 1. The third-order valence-corrected chi connectivity index (χ3v) is 10.6. The van der Waals surface area contributed by atoms with Crippen molar-refractivity contribution in [3.8, 4) is 11.5 Å². The molecule has 4 fully saturated rings. The van der Waals surface area contributed by atoms with Crippen LogP contribution in [0.1, 0.15) is 71.3 Å². The van der Waals surface area contributed by atoms with Gasteiger partial charge in [0.05, 0.1) is 42.1 Å². The van der Waals surface area contributed by atoms with Gasteiger partial charge in [0.25, 0.3) is 0 Å². The van der Waals surface area contributed by atoms with Crippen molar-refractivity contribution < 1.29 is 38.1 Å². The number of methoxy groups -OCH3 is 2. The van der Waals surface area contributed by atoms with Crippen molar-refractivity contribution in [1.29, 1.82) is 0 Å². The molecule has 256 valence electrons. The lowest BCUT2D eigenvalue weighted by atomic mass is 9.91. The van der Waals surface area contributed by atoms with Crippen molar-refractivity contribution in [3.63, 3.8) is 0 Å². The van der Waals surface area contributed by atoms with Crippen molar-refractivity contribution >= 4 is 45.1 Å². The zero-order valence-corrected chi connectivity index (χ0v) is 26.9. The lowest BCUT2D eigenvalue weighted by molar-refractivity contribution is 0.0684. The van der Waals surface area contributed by atoms with E-state index in [2.05, 4.69) is 0 Å². The molecule has 2 aromatic carbocycles. The van der Waals surface area contributed by atoms with Crippen molar-refractivity contribution in [1.82, 2.24) is 9.13 Å². The largest absolute Gasteiger partial charge is 0.494 e. The monoisotopic (exact) mass is 676 g/mol. The van der Waals surface area contributed by atoms with E-state index in [1.54, 1.807) is 15.2 Å². The molecule has 0 spiro atoms. The Labute approximate surface area is 277 Å². The van der Waals surface area contributed by atoms with E-state index < -0.39 is 45.6 Å². The SMILES string of the molecule is COc1cc2c(c(F)c1N1CCC[C@H]3CN(c4c(F)cc5c(=O)c(C(=O)O)cn(C6CC6)c5c4OC)C[C@H]31)c(=O)c(C(=O)O)cn2C1CC1. The Bertz CT molecular complexity index is 2220. The minimum atomic E-state index is -1.43. The molecule has 0 bridgehead atoms. The number of hydrogen-bond donors (Lipinski definition) is 2. The fourth-order valence-corrected chi connectivity index (χ4v) is 8.02. The third-order valence-electron chi connectivity index (χ3n) is 10.6. The molecule has 2 aliphatic heterocycles. The molecule has 2 aromatic heterocycles. The van der Waals surface area contributed by atoms with E-state index in [0.29, 0.717) is 25.0 Å². The Balaban J connectivity index is 1.25. The molecule has 2 aliphatic carbocycles. The second-order valence-electron chi connectivity index (χ2n) is 13.5. The van der Waals surface area contributed by atoms with E-state index in [1.807, 2.05) is 9.80 Å². The topological polar surface area (TPSA) is 144 Å². The van der Waals surface area contributed by atoms with Crippen LogP contribution in [0.4, 0.5) is 20.2 Å². The molecule has 4 aliphatic rings. The lowest BCUT2D eigenvalue weighted by Crippen LogP contribution is -2.46. The van der Waals surface area contributed by atoms with Gasteiger partial charge in [-0.25, -0.2) is 18.4 Å². The summed E-state index contributed by atoms with van der Waals surface area (Å²) in [6.07, 6.45) is 7.13. The van der Waals surface area contributed by atoms with Crippen LogP contribution in [-0.4, -0.2) is 71.2 Å². The van der Waals surface area contributed by atoms with Gasteiger partial charge in [-0.1, -0.05) is 0 Å². The molecule has 2 saturated heterocycles. The fraction of sp³-hybridized carbons (Fsp3) is 0.429. The number of pyridine rings is 2. The molecule has 4 aromatic rings. The molecular formula is C35H34F2N4O8. The first-order valence-corrected chi connectivity index (χ1v) is 16.4. The molecule has 49 heavy (non-hydrogen) atoms. The average molecular weight is 677 g/mol. The first kappa shape index (κ1) is 31.1. The summed E-state index contributed by atoms with van der Waals surface area (Å²) in [4.78, 5) is 54.3. The van der Waals surface area contributed by atoms with Crippen molar-refractivity contribution in [3.05, 3.63) is 67.7 Å². The first-order chi connectivity index (χ1) is 23.5. The summed E-state index contributed by atoms with van der Waals surface area (Å²) >= 11 is 0. The molecule has 2 saturated carbocycles. The number of carboxylic acids is 2. The van der Waals surface area contributed by atoms with E-state index >= 15 is 8.78 Å². The number of anilines is 2. The van der Waals surface area contributed by atoms with Crippen LogP contribution in [-0.2, 0) is 0 Å². The lowest BCUT2D eigenvalue weighted by Gasteiger charge is -2.39. The Hall–Kier alpha value is -5.14. The highest BCUT2D eigenvalue weighted by atomic mass is 19.1. The predicted octanol–water partition coefficient (Wildman–Crippen LogP) is 4.78. The second-order valence-corrected chi connectivity index (χ2v) is 13.5. The normalized spacial score (nSPS) is 20.6. The Morgan fingerprint density at radius 3 is 2.12 bits per heavy atom. The van der Waals surface area contributed by atoms with Gasteiger partial charge in [-0.15, -0.1) is 0 Å². The molecule has 0 unspecified atom stereocenters. The highest BCUT2D eigenvalue weighted by Gasteiger charge is 2.44. The first-order valence-electron chi connectivity index (χ1n) is 16.4. The summed E-state index contributed by atoms with van der Waals surface area (Å²) in [5.74, 6) is -4.14. The predicted molar refractivity (Wildman–Crippen MR) is 176 cm³/mol. The number of ether oxygens (including phenoxy) is 2. The van der Waals surface area contributed by atoms with Crippen molar-refractivity contribution in [2.45, 2.75) is 56.7 Å². The molecule has 0 radical (unpaired) electrons. The zero-order valence-electron chi connectivity index (χ0n) is 26.9. The van der Waals surface area contributed by atoms with Gasteiger partial charge in [-0.3, -0.25) is 9.59 Å². The number of aromatic nitrogens is 2. The summed E-state index contributed by atoms with van der Waals surface area (Å²) in [5.41, 5.74) is -1.86.